The molecule has 2 aromatic rings. The fourth-order valence-electron chi connectivity index (χ4n) is 3.52. The molecule has 1 amide bonds. The minimum Gasteiger partial charge on any atom is -0.445 e. The molecule has 0 aromatic heterocycles. The van der Waals surface area contributed by atoms with Crippen molar-refractivity contribution in [2.24, 2.45) is 5.92 Å². The highest BCUT2D eigenvalue weighted by Crippen LogP contribution is 2.28. The van der Waals surface area contributed by atoms with Crippen molar-refractivity contribution in [1.29, 1.82) is 0 Å². The number of carbonyl (C=O) groups excluding carboxylic acids is 1. The molecule has 0 N–H and O–H groups in total. The van der Waals surface area contributed by atoms with Gasteiger partial charge in [-0.15, -0.1) is 0 Å². The molecular formula is C22H28N2O2. The summed E-state index contributed by atoms with van der Waals surface area (Å²) < 4.78 is 5.49. The Morgan fingerprint density at radius 1 is 1.08 bits per heavy atom. The summed E-state index contributed by atoms with van der Waals surface area (Å²) in [5.41, 5.74) is 2.34. The van der Waals surface area contributed by atoms with Crippen LogP contribution in [0.5, 0.6) is 0 Å². The van der Waals surface area contributed by atoms with Gasteiger partial charge in [0, 0.05) is 25.7 Å². The Bertz CT molecular complexity index is 690. The maximum atomic E-state index is 12.4. The van der Waals surface area contributed by atoms with Gasteiger partial charge in [0.05, 0.1) is 0 Å². The van der Waals surface area contributed by atoms with E-state index in [0.717, 1.165) is 31.6 Å². The molecule has 1 saturated heterocycles. The van der Waals surface area contributed by atoms with Gasteiger partial charge in [0.25, 0.3) is 0 Å². The van der Waals surface area contributed by atoms with E-state index < -0.39 is 0 Å². The summed E-state index contributed by atoms with van der Waals surface area (Å²) in [6, 6.07) is 20.6. The molecule has 1 aliphatic heterocycles. The number of ether oxygens (including phenoxy) is 1. The minimum atomic E-state index is -0.192. The van der Waals surface area contributed by atoms with Crippen molar-refractivity contribution >= 4 is 6.09 Å². The van der Waals surface area contributed by atoms with Crippen molar-refractivity contribution < 1.29 is 9.53 Å². The summed E-state index contributed by atoms with van der Waals surface area (Å²) in [6.45, 7) is 5.24. The lowest BCUT2D eigenvalue weighted by Gasteiger charge is -2.46. The van der Waals surface area contributed by atoms with Gasteiger partial charge in [-0.1, -0.05) is 67.6 Å². The first-order valence-electron chi connectivity index (χ1n) is 9.33. The van der Waals surface area contributed by atoms with E-state index in [2.05, 4.69) is 43.1 Å². The van der Waals surface area contributed by atoms with Gasteiger partial charge >= 0.3 is 6.09 Å². The number of hydrogen-bond acceptors (Lipinski definition) is 3. The molecule has 4 nitrogen and oxygen atoms in total. The van der Waals surface area contributed by atoms with Crippen molar-refractivity contribution in [3.05, 3.63) is 71.8 Å². The van der Waals surface area contributed by atoms with E-state index in [1.54, 1.807) is 0 Å². The maximum absolute atomic E-state index is 12.4. The fraction of sp³-hybridized carbons (Fsp3) is 0.409. The van der Waals surface area contributed by atoms with Gasteiger partial charge in [0.15, 0.2) is 0 Å². The van der Waals surface area contributed by atoms with Crippen molar-refractivity contribution in [3.8, 4) is 0 Å². The number of hydrogen-bond donors (Lipinski definition) is 0. The third-order valence-electron chi connectivity index (χ3n) is 5.08. The molecule has 0 aliphatic carbocycles. The first-order chi connectivity index (χ1) is 12.6. The Labute approximate surface area is 156 Å². The lowest BCUT2D eigenvalue weighted by atomic mass is 9.88. The predicted octanol–water partition coefficient (Wildman–Crippen LogP) is 4.17. The largest absolute Gasteiger partial charge is 0.445 e. The highest BCUT2D eigenvalue weighted by atomic mass is 16.6. The average Bonchev–Trinajstić information content (AvgIpc) is 2.66. The molecule has 0 saturated carbocycles. The van der Waals surface area contributed by atoms with Crippen LogP contribution in [-0.4, -0.2) is 42.1 Å². The van der Waals surface area contributed by atoms with Crippen LogP contribution >= 0.6 is 0 Å². The molecule has 1 aliphatic rings. The van der Waals surface area contributed by atoms with Crippen LogP contribution in [0.1, 0.15) is 24.5 Å². The summed E-state index contributed by atoms with van der Waals surface area (Å²) in [6.07, 6.45) is 0.785. The number of benzene rings is 2. The third kappa shape index (κ3) is 4.85. The van der Waals surface area contributed by atoms with Crippen molar-refractivity contribution in [1.82, 2.24) is 9.80 Å². The smallest absolute Gasteiger partial charge is 0.410 e. The zero-order chi connectivity index (χ0) is 18.4. The fourth-order valence-corrected chi connectivity index (χ4v) is 3.52. The van der Waals surface area contributed by atoms with Gasteiger partial charge in [0.1, 0.15) is 6.61 Å². The average molecular weight is 352 g/mol. The van der Waals surface area contributed by atoms with Crippen LogP contribution in [0.2, 0.25) is 0 Å². The second kappa shape index (κ2) is 8.86. The van der Waals surface area contributed by atoms with Crippen LogP contribution in [0.15, 0.2) is 60.7 Å². The van der Waals surface area contributed by atoms with E-state index in [9.17, 15) is 4.79 Å². The molecule has 0 bridgehead atoms. The van der Waals surface area contributed by atoms with Gasteiger partial charge in [-0.25, -0.2) is 4.79 Å². The van der Waals surface area contributed by atoms with Gasteiger partial charge in [-0.05, 0) is 30.5 Å². The zero-order valence-electron chi connectivity index (χ0n) is 15.7. The third-order valence-corrected chi connectivity index (χ3v) is 5.08. The van der Waals surface area contributed by atoms with E-state index in [1.807, 2.05) is 41.3 Å². The highest BCUT2D eigenvalue weighted by molar-refractivity contribution is 5.69. The molecule has 26 heavy (non-hydrogen) atoms. The molecule has 4 heteroatoms. The quantitative estimate of drug-likeness (QED) is 0.750. The number of rotatable bonds is 7. The second-order valence-corrected chi connectivity index (χ2v) is 7.25. The van der Waals surface area contributed by atoms with Crippen molar-refractivity contribution in [3.63, 3.8) is 0 Å². The first kappa shape index (κ1) is 18.5. The summed E-state index contributed by atoms with van der Waals surface area (Å²) in [7, 11) is 2.13. The van der Waals surface area contributed by atoms with Crippen molar-refractivity contribution in [2.45, 2.75) is 32.5 Å². The summed E-state index contributed by atoms with van der Waals surface area (Å²) in [5, 5.41) is 0. The van der Waals surface area contributed by atoms with Crippen LogP contribution in [0.25, 0.3) is 0 Å². The second-order valence-electron chi connectivity index (χ2n) is 7.25. The Balaban J connectivity index is 1.44. The van der Waals surface area contributed by atoms with Crippen LogP contribution in [0.4, 0.5) is 4.79 Å². The van der Waals surface area contributed by atoms with Crippen LogP contribution in [-0.2, 0) is 17.9 Å². The normalized spacial score (nSPS) is 19.3. The lowest BCUT2D eigenvalue weighted by Crippen LogP contribution is -2.58. The highest BCUT2D eigenvalue weighted by Gasteiger charge is 2.39. The van der Waals surface area contributed by atoms with E-state index in [0.29, 0.717) is 12.5 Å². The number of amides is 1. The summed E-state index contributed by atoms with van der Waals surface area (Å²) in [4.78, 5) is 16.6. The van der Waals surface area contributed by atoms with Crippen molar-refractivity contribution in [2.75, 3.05) is 20.1 Å². The maximum Gasteiger partial charge on any atom is 0.410 e. The topological polar surface area (TPSA) is 32.8 Å². The Kier molecular flexibility index (Phi) is 6.29. The molecule has 0 unspecified atom stereocenters. The standard InChI is InChI=1S/C22H28N2O2/c1-18-15-24(22(25)26-17-20-11-7-4-8-12-20)21(18)13-14-23(2)16-19-9-5-3-6-10-19/h3-12,18,21H,13-17H2,1-2H3/t18-,21+/m0/s1. The molecule has 138 valence electrons. The molecule has 1 heterocycles. The SMILES string of the molecule is C[C@H]1CN(C(=O)OCc2ccccc2)[C@@H]1CCN(C)Cc1ccccc1. The van der Waals surface area contributed by atoms with Gasteiger partial charge in [0.2, 0.25) is 0 Å². The Hall–Kier alpha value is -2.33. The molecule has 1 fully saturated rings. The van der Waals surface area contributed by atoms with Gasteiger partial charge in [-0.3, -0.25) is 0 Å². The lowest BCUT2D eigenvalue weighted by molar-refractivity contribution is 0.00289. The monoisotopic (exact) mass is 352 g/mol. The molecule has 0 radical (unpaired) electrons. The predicted molar refractivity (Wildman–Crippen MR) is 104 cm³/mol. The molecule has 3 rings (SSSR count). The van der Waals surface area contributed by atoms with Crippen LogP contribution < -0.4 is 0 Å². The van der Waals surface area contributed by atoms with Gasteiger partial charge in [-0.2, -0.15) is 0 Å². The molecular weight excluding hydrogens is 324 g/mol. The molecule has 2 aromatic carbocycles. The van der Waals surface area contributed by atoms with Crippen LogP contribution in [0.3, 0.4) is 0 Å². The molecule has 2 atom stereocenters. The molecule has 0 spiro atoms. The van der Waals surface area contributed by atoms with Gasteiger partial charge < -0.3 is 14.5 Å². The number of likely N-dealkylation sites (tertiary alicyclic amines) is 1. The summed E-state index contributed by atoms with van der Waals surface area (Å²) in [5.74, 6) is 0.532. The number of nitrogens with zero attached hydrogens (tertiary/aromatic N) is 2. The number of carbonyl (C=O) groups is 1. The Morgan fingerprint density at radius 2 is 1.69 bits per heavy atom. The Morgan fingerprint density at radius 3 is 2.31 bits per heavy atom. The first-order valence-corrected chi connectivity index (χ1v) is 9.33. The van der Waals surface area contributed by atoms with E-state index in [4.69, 9.17) is 4.74 Å². The summed E-state index contributed by atoms with van der Waals surface area (Å²) >= 11 is 0. The minimum absolute atomic E-state index is 0.192. The van der Waals surface area contributed by atoms with E-state index in [1.165, 1.54) is 5.56 Å². The van der Waals surface area contributed by atoms with Crippen LogP contribution in [0, 0.1) is 5.92 Å². The van der Waals surface area contributed by atoms with E-state index in [-0.39, 0.29) is 12.1 Å². The van der Waals surface area contributed by atoms with E-state index >= 15 is 0 Å². The zero-order valence-corrected chi connectivity index (χ0v) is 15.7.